The number of nitrogens with one attached hydrogen (secondary N) is 1. The van der Waals surface area contributed by atoms with Gasteiger partial charge in [0.2, 0.25) is 0 Å². The Kier molecular flexibility index (Phi) is 4.88. The molecule has 5 nitrogen and oxygen atoms in total. The lowest BCUT2D eigenvalue weighted by molar-refractivity contribution is 0.570. The summed E-state index contributed by atoms with van der Waals surface area (Å²) in [5.41, 5.74) is 2.07. The second kappa shape index (κ2) is 6.64. The highest BCUT2D eigenvalue weighted by atomic mass is 79.9. The number of nitriles is 1. The molecule has 0 aliphatic carbocycles. The number of halogens is 1. The Labute approximate surface area is 126 Å². The van der Waals surface area contributed by atoms with Gasteiger partial charge in [-0.2, -0.15) is 5.26 Å². The van der Waals surface area contributed by atoms with E-state index < -0.39 is 0 Å². The molecular formula is C14H16BrN5. The van der Waals surface area contributed by atoms with Crippen LogP contribution in [-0.4, -0.2) is 21.3 Å². The largest absolute Gasteiger partial charge is 0.310 e. The second-order valence-electron chi connectivity index (χ2n) is 4.51. The van der Waals surface area contributed by atoms with Gasteiger partial charge >= 0.3 is 0 Å². The summed E-state index contributed by atoms with van der Waals surface area (Å²) >= 11 is 3.55. The van der Waals surface area contributed by atoms with Crippen molar-refractivity contribution in [2.75, 3.05) is 6.54 Å². The van der Waals surface area contributed by atoms with Crippen molar-refractivity contribution in [3.05, 3.63) is 40.4 Å². The van der Waals surface area contributed by atoms with Gasteiger partial charge in [0.15, 0.2) is 0 Å². The fourth-order valence-electron chi connectivity index (χ4n) is 1.89. The maximum Gasteiger partial charge on any atom is 0.252 e. The topological polar surface area (TPSA) is 66.5 Å². The fourth-order valence-corrected chi connectivity index (χ4v) is 2.47. The van der Waals surface area contributed by atoms with Gasteiger partial charge in [-0.3, -0.25) is 0 Å². The van der Waals surface area contributed by atoms with E-state index in [0.29, 0.717) is 6.04 Å². The molecule has 1 heterocycles. The van der Waals surface area contributed by atoms with E-state index in [1.807, 2.05) is 12.1 Å². The molecule has 0 aliphatic rings. The molecule has 6 heteroatoms. The maximum absolute atomic E-state index is 8.76. The first kappa shape index (κ1) is 14.7. The summed E-state index contributed by atoms with van der Waals surface area (Å²) < 4.78 is 2.52. The van der Waals surface area contributed by atoms with Gasteiger partial charge in [0.1, 0.15) is 12.4 Å². The minimum atomic E-state index is 0.166. The van der Waals surface area contributed by atoms with Crippen molar-refractivity contribution in [1.82, 2.24) is 20.1 Å². The van der Waals surface area contributed by atoms with Crippen LogP contribution in [0.25, 0.3) is 5.69 Å². The summed E-state index contributed by atoms with van der Waals surface area (Å²) in [7, 11) is 0. The van der Waals surface area contributed by atoms with Crippen molar-refractivity contribution >= 4 is 15.9 Å². The SMILES string of the molecule is CCCNC(C)c1ccc(-n2cnc(C#N)n2)c(Br)c1. The molecule has 0 saturated carbocycles. The molecule has 0 radical (unpaired) electrons. The van der Waals surface area contributed by atoms with E-state index >= 15 is 0 Å². The first-order valence-electron chi connectivity index (χ1n) is 6.50. The molecule has 2 rings (SSSR count). The minimum absolute atomic E-state index is 0.166. The Morgan fingerprint density at radius 2 is 2.30 bits per heavy atom. The zero-order valence-corrected chi connectivity index (χ0v) is 13.1. The number of hydrogen-bond acceptors (Lipinski definition) is 4. The van der Waals surface area contributed by atoms with Crippen LogP contribution in [0.1, 0.15) is 37.7 Å². The average molecular weight is 334 g/mol. The van der Waals surface area contributed by atoms with Crippen LogP contribution < -0.4 is 5.32 Å². The highest BCUT2D eigenvalue weighted by molar-refractivity contribution is 9.10. The quantitative estimate of drug-likeness (QED) is 0.913. The van der Waals surface area contributed by atoms with E-state index in [9.17, 15) is 0 Å². The summed E-state index contributed by atoms with van der Waals surface area (Å²) in [6.45, 7) is 5.28. The summed E-state index contributed by atoms with van der Waals surface area (Å²) in [4.78, 5) is 3.91. The van der Waals surface area contributed by atoms with E-state index in [4.69, 9.17) is 5.26 Å². The van der Waals surface area contributed by atoms with Gasteiger partial charge < -0.3 is 5.32 Å². The number of benzene rings is 1. The Bertz CT molecular complexity index is 629. The molecule has 1 aromatic heterocycles. The van der Waals surface area contributed by atoms with E-state index in [-0.39, 0.29) is 5.82 Å². The Morgan fingerprint density at radius 3 is 2.90 bits per heavy atom. The van der Waals surface area contributed by atoms with Crippen molar-refractivity contribution in [2.24, 2.45) is 0 Å². The monoisotopic (exact) mass is 333 g/mol. The summed E-state index contributed by atoms with van der Waals surface area (Å²) in [6, 6.07) is 8.31. The number of aromatic nitrogens is 3. The molecule has 1 N–H and O–H groups in total. The van der Waals surface area contributed by atoms with Crippen molar-refractivity contribution < 1.29 is 0 Å². The molecule has 0 bridgehead atoms. The molecule has 0 amide bonds. The molecule has 0 spiro atoms. The standard InChI is InChI=1S/C14H16BrN5/c1-3-6-17-10(2)11-4-5-13(12(15)7-11)20-9-18-14(8-16)19-20/h4-5,7,9-10,17H,3,6H2,1-2H3. The molecule has 2 aromatic rings. The normalized spacial score (nSPS) is 12.1. The van der Waals surface area contributed by atoms with Crippen molar-refractivity contribution in [1.29, 1.82) is 5.26 Å². The maximum atomic E-state index is 8.76. The van der Waals surface area contributed by atoms with Gasteiger partial charge in [0.05, 0.1) is 5.69 Å². The van der Waals surface area contributed by atoms with Crippen LogP contribution in [0, 0.1) is 11.3 Å². The zero-order chi connectivity index (χ0) is 14.5. The van der Waals surface area contributed by atoms with Gasteiger partial charge in [-0.25, -0.2) is 9.67 Å². The Balaban J connectivity index is 2.23. The second-order valence-corrected chi connectivity index (χ2v) is 5.37. The van der Waals surface area contributed by atoms with Crippen LogP contribution in [0.2, 0.25) is 0 Å². The average Bonchev–Trinajstić information content (AvgIpc) is 2.93. The Hall–Kier alpha value is -1.71. The third-order valence-corrected chi connectivity index (χ3v) is 3.65. The lowest BCUT2D eigenvalue weighted by Gasteiger charge is -2.15. The van der Waals surface area contributed by atoms with Crippen LogP contribution in [-0.2, 0) is 0 Å². The third-order valence-electron chi connectivity index (χ3n) is 3.01. The van der Waals surface area contributed by atoms with Crippen LogP contribution in [0.5, 0.6) is 0 Å². The van der Waals surface area contributed by atoms with Crippen LogP contribution in [0.3, 0.4) is 0 Å². The molecule has 0 fully saturated rings. The van der Waals surface area contributed by atoms with E-state index in [1.54, 1.807) is 4.68 Å². The predicted molar refractivity (Wildman–Crippen MR) is 80.5 cm³/mol. The number of nitrogens with zero attached hydrogens (tertiary/aromatic N) is 4. The van der Waals surface area contributed by atoms with Gasteiger partial charge in [-0.05, 0) is 53.5 Å². The lowest BCUT2D eigenvalue weighted by Crippen LogP contribution is -2.19. The van der Waals surface area contributed by atoms with Crippen LogP contribution in [0.15, 0.2) is 29.0 Å². The summed E-state index contributed by atoms with van der Waals surface area (Å²) in [5.74, 6) is 0.166. The van der Waals surface area contributed by atoms with E-state index in [0.717, 1.165) is 23.1 Å². The molecule has 1 aromatic carbocycles. The van der Waals surface area contributed by atoms with Crippen molar-refractivity contribution in [2.45, 2.75) is 26.3 Å². The molecule has 104 valence electrons. The van der Waals surface area contributed by atoms with Crippen LogP contribution >= 0.6 is 15.9 Å². The summed E-state index contributed by atoms with van der Waals surface area (Å²) in [6.07, 6.45) is 2.65. The van der Waals surface area contributed by atoms with Crippen LogP contribution in [0.4, 0.5) is 0 Å². The van der Waals surface area contributed by atoms with Gasteiger partial charge in [-0.1, -0.05) is 13.0 Å². The first-order chi connectivity index (χ1) is 9.65. The van der Waals surface area contributed by atoms with Gasteiger partial charge in [0.25, 0.3) is 5.82 Å². The smallest absolute Gasteiger partial charge is 0.252 e. The molecule has 0 saturated heterocycles. The zero-order valence-electron chi connectivity index (χ0n) is 11.5. The van der Waals surface area contributed by atoms with Gasteiger partial charge in [-0.15, -0.1) is 5.10 Å². The molecule has 0 aliphatic heterocycles. The minimum Gasteiger partial charge on any atom is -0.310 e. The van der Waals surface area contributed by atoms with Gasteiger partial charge in [0, 0.05) is 10.5 Å². The number of rotatable bonds is 5. The Morgan fingerprint density at radius 1 is 1.50 bits per heavy atom. The van der Waals surface area contributed by atoms with Crippen molar-refractivity contribution in [3.8, 4) is 11.8 Å². The molecule has 1 unspecified atom stereocenters. The van der Waals surface area contributed by atoms with E-state index in [1.165, 1.54) is 11.9 Å². The molecular weight excluding hydrogens is 318 g/mol. The van der Waals surface area contributed by atoms with E-state index in [2.05, 4.69) is 57.3 Å². The predicted octanol–water partition coefficient (Wildman–Crippen LogP) is 2.96. The first-order valence-corrected chi connectivity index (χ1v) is 7.30. The van der Waals surface area contributed by atoms with Crippen molar-refractivity contribution in [3.63, 3.8) is 0 Å². The molecule has 20 heavy (non-hydrogen) atoms. The summed E-state index contributed by atoms with van der Waals surface area (Å²) in [5, 5.41) is 16.3. The number of hydrogen-bond donors (Lipinski definition) is 1. The third kappa shape index (κ3) is 3.24. The molecule has 1 atom stereocenters. The highest BCUT2D eigenvalue weighted by Crippen LogP contribution is 2.24. The lowest BCUT2D eigenvalue weighted by atomic mass is 10.1. The highest BCUT2D eigenvalue weighted by Gasteiger charge is 2.10. The fraction of sp³-hybridized carbons (Fsp3) is 0.357.